The van der Waals surface area contributed by atoms with Crippen LogP contribution in [0.4, 0.5) is 0 Å². The third kappa shape index (κ3) is 5.75. The van der Waals surface area contributed by atoms with Gasteiger partial charge in [-0.25, -0.2) is 0 Å². The fourth-order valence-corrected chi connectivity index (χ4v) is 1.17. The van der Waals surface area contributed by atoms with Crippen molar-refractivity contribution in [2.75, 3.05) is 0 Å². The molecule has 0 bridgehead atoms. The van der Waals surface area contributed by atoms with Crippen LogP contribution < -0.4 is 0 Å². The van der Waals surface area contributed by atoms with Gasteiger partial charge in [-0.15, -0.1) is 0 Å². The summed E-state index contributed by atoms with van der Waals surface area (Å²) in [6.45, 7) is 4.00. The lowest BCUT2D eigenvalue weighted by Gasteiger charge is -1.97. The summed E-state index contributed by atoms with van der Waals surface area (Å²) >= 11 is 3.31. The number of benzene rings is 1. The minimum absolute atomic E-state index is 0.196. The minimum atomic E-state index is -0.752. The summed E-state index contributed by atoms with van der Waals surface area (Å²) in [5, 5.41) is 8.42. The standard InChI is InChI=1S/C9H9BrO2.C2H6/c10-8-4-1-7(2-5-8)3-6-9(11)12;1-2/h1-2,4-5H,3,6H2,(H,11,12);1-2H3. The summed E-state index contributed by atoms with van der Waals surface area (Å²) < 4.78 is 1.02. The molecule has 2 nitrogen and oxygen atoms in total. The van der Waals surface area contributed by atoms with E-state index in [0.717, 1.165) is 10.0 Å². The summed E-state index contributed by atoms with van der Waals surface area (Å²) in [7, 11) is 0. The molecule has 1 rings (SSSR count). The number of halogens is 1. The van der Waals surface area contributed by atoms with Crippen molar-refractivity contribution in [3.63, 3.8) is 0 Å². The number of hydrogen-bond donors (Lipinski definition) is 1. The van der Waals surface area contributed by atoms with E-state index in [1.165, 1.54) is 0 Å². The second-order valence-corrected chi connectivity index (χ2v) is 3.44. The van der Waals surface area contributed by atoms with Crippen LogP contribution in [0, 0.1) is 0 Å². The predicted molar refractivity (Wildman–Crippen MR) is 61.4 cm³/mol. The van der Waals surface area contributed by atoms with Crippen molar-refractivity contribution in [1.29, 1.82) is 0 Å². The number of hydrogen-bond acceptors (Lipinski definition) is 1. The molecule has 0 aromatic heterocycles. The van der Waals surface area contributed by atoms with E-state index in [1.807, 2.05) is 38.1 Å². The molecule has 14 heavy (non-hydrogen) atoms. The van der Waals surface area contributed by atoms with Crippen LogP contribution in [0.15, 0.2) is 28.7 Å². The normalized spacial score (nSPS) is 8.79. The molecule has 0 radical (unpaired) electrons. The summed E-state index contributed by atoms with van der Waals surface area (Å²) in [6.07, 6.45) is 0.796. The number of carbonyl (C=O) groups is 1. The highest BCUT2D eigenvalue weighted by atomic mass is 79.9. The van der Waals surface area contributed by atoms with Gasteiger partial charge in [0.05, 0.1) is 0 Å². The predicted octanol–water partition coefficient (Wildman–Crippen LogP) is 3.49. The first-order chi connectivity index (χ1) is 6.68. The number of carboxylic acid groups (broad SMARTS) is 1. The van der Waals surface area contributed by atoms with E-state index in [1.54, 1.807) is 0 Å². The van der Waals surface area contributed by atoms with Crippen molar-refractivity contribution in [2.24, 2.45) is 0 Å². The van der Waals surface area contributed by atoms with E-state index >= 15 is 0 Å². The van der Waals surface area contributed by atoms with Gasteiger partial charge in [0.2, 0.25) is 0 Å². The average molecular weight is 259 g/mol. The largest absolute Gasteiger partial charge is 0.481 e. The Hall–Kier alpha value is -0.830. The lowest BCUT2D eigenvalue weighted by atomic mass is 10.1. The number of aliphatic carboxylic acids is 1. The molecule has 0 amide bonds. The zero-order chi connectivity index (χ0) is 11.0. The molecule has 0 unspecified atom stereocenters. The number of rotatable bonds is 3. The van der Waals surface area contributed by atoms with E-state index in [2.05, 4.69) is 15.9 Å². The Morgan fingerprint density at radius 1 is 1.29 bits per heavy atom. The summed E-state index contributed by atoms with van der Waals surface area (Å²) in [6, 6.07) is 7.68. The molecule has 0 heterocycles. The van der Waals surface area contributed by atoms with Gasteiger partial charge in [-0.05, 0) is 24.1 Å². The molecule has 0 spiro atoms. The molecule has 1 aromatic carbocycles. The van der Waals surface area contributed by atoms with Crippen molar-refractivity contribution in [2.45, 2.75) is 26.7 Å². The van der Waals surface area contributed by atoms with E-state index in [0.29, 0.717) is 6.42 Å². The van der Waals surface area contributed by atoms with Gasteiger partial charge in [0.15, 0.2) is 0 Å². The van der Waals surface area contributed by atoms with Gasteiger partial charge in [-0.3, -0.25) is 4.79 Å². The van der Waals surface area contributed by atoms with Crippen molar-refractivity contribution < 1.29 is 9.90 Å². The Morgan fingerprint density at radius 3 is 2.21 bits per heavy atom. The summed E-state index contributed by atoms with van der Waals surface area (Å²) in [5.41, 5.74) is 1.06. The third-order valence-corrected chi connectivity index (χ3v) is 2.07. The molecule has 0 fully saturated rings. The van der Waals surface area contributed by atoms with E-state index < -0.39 is 5.97 Å². The van der Waals surface area contributed by atoms with Crippen molar-refractivity contribution in [1.82, 2.24) is 0 Å². The zero-order valence-electron chi connectivity index (χ0n) is 8.46. The van der Waals surface area contributed by atoms with Crippen molar-refractivity contribution >= 4 is 21.9 Å². The topological polar surface area (TPSA) is 37.3 Å². The maximum Gasteiger partial charge on any atom is 0.303 e. The second kappa shape index (κ2) is 7.56. The number of aryl methyl sites for hydroxylation is 1. The molecule has 1 aromatic rings. The first kappa shape index (κ1) is 13.2. The van der Waals surface area contributed by atoms with Crippen LogP contribution in [-0.2, 0) is 11.2 Å². The summed E-state index contributed by atoms with van der Waals surface area (Å²) in [5.74, 6) is -0.752. The van der Waals surface area contributed by atoms with Gasteiger partial charge in [-0.1, -0.05) is 41.9 Å². The number of carboxylic acids is 1. The Balaban J connectivity index is 0.000000791. The lowest BCUT2D eigenvalue weighted by Crippen LogP contribution is -1.96. The van der Waals surface area contributed by atoms with Crippen molar-refractivity contribution in [3.8, 4) is 0 Å². The Labute approximate surface area is 93.1 Å². The maximum absolute atomic E-state index is 10.2. The van der Waals surface area contributed by atoms with E-state index in [-0.39, 0.29) is 6.42 Å². The van der Waals surface area contributed by atoms with Crippen LogP contribution in [0.3, 0.4) is 0 Å². The molecule has 78 valence electrons. The average Bonchev–Trinajstić information content (AvgIpc) is 2.20. The van der Waals surface area contributed by atoms with Crippen LogP contribution in [0.1, 0.15) is 25.8 Å². The molecular weight excluding hydrogens is 244 g/mol. The molecular formula is C11H15BrO2. The lowest BCUT2D eigenvalue weighted by molar-refractivity contribution is -0.136. The SMILES string of the molecule is CC.O=C(O)CCc1ccc(Br)cc1. The van der Waals surface area contributed by atoms with Gasteiger partial charge in [-0.2, -0.15) is 0 Å². The molecule has 0 atom stereocenters. The molecule has 0 saturated carbocycles. The quantitative estimate of drug-likeness (QED) is 0.902. The smallest absolute Gasteiger partial charge is 0.303 e. The molecule has 0 saturated heterocycles. The van der Waals surface area contributed by atoms with Crippen LogP contribution in [-0.4, -0.2) is 11.1 Å². The minimum Gasteiger partial charge on any atom is -0.481 e. The highest BCUT2D eigenvalue weighted by Crippen LogP contribution is 2.11. The molecule has 1 N–H and O–H groups in total. The Bertz CT molecular complexity index is 267. The molecule has 0 aliphatic carbocycles. The Kier molecular flexibility index (Phi) is 7.11. The van der Waals surface area contributed by atoms with Gasteiger partial charge in [0.1, 0.15) is 0 Å². The molecule has 0 aliphatic rings. The van der Waals surface area contributed by atoms with Gasteiger partial charge < -0.3 is 5.11 Å². The zero-order valence-corrected chi connectivity index (χ0v) is 10.0. The van der Waals surface area contributed by atoms with E-state index in [9.17, 15) is 4.79 Å². The molecule has 3 heteroatoms. The summed E-state index contributed by atoms with van der Waals surface area (Å²) in [4.78, 5) is 10.2. The van der Waals surface area contributed by atoms with Gasteiger partial charge in [0, 0.05) is 10.9 Å². The van der Waals surface area contributed by atoms with Crippen LogP contribution in [0.25, 0.3) is 0 Å². The first-order valence-corrected chi connectivity index (χ1v) is 5.44. The van der Waals surface area contributed by atoms with Crippen molar-refractivity contribution in [3.05, 3.63) is 34.3 Å². The van der Waals surface area contributed by atoms with E-state index in [4.69, 9.17) is 5.11 Å². The second-order valence-electron chi connectivity index (χ2n) is 2.52. The fraction of sp³-hybridized carbons (Fsp3) is 0.364. The van der Waals surface area contributed by atoms with Crippen LogP contribution in [0.5, 0.6) is 0 Å². The molecule has 0 aliphatic heterocycles. The van der Waals surface area contributed by atoms with Crippen LogP contribution >= 0.6 is 15.9 Å². The van der Waals surface area contributed by atoms with Gasteiger partial charge in [0.25, 0.3) is 0 Å². The highest BCUT2D eigenvalue weighted by molar-refractivity contribution is 9.10. The third-order valence-electron chi connectivity index (χ3n) is 1.54. The van der Waals surface area contributed by atoms with Gasteiger partial charge >= 0.3 is 5.97 Å². The Morgan fingerprint density at radius 2 is 1.79 bits per heavy atom. The fourth-order valence-electron chi connectivity index (χ4n) is 0.902. The highest BCUT2D eigenvalue weighted by Gasteiger charge is 1.97. The monoisotopic (exact) mass is 258 g/mol. The first-order valence-electron chi connectivity index (χ1n) is 4.65. The maximum atomic E-state index is 10.2. The van der Waals surface area contributed by atoms with Crippen LogP contribution in [0.2, 0.25) is 0 Å².